The summed E-state index contributed by atoms with van der Waals surface area (Å²) in [4.78, 5) is 24.8. The summed E-state index contributed by atoms with van der Waals surface area (Å²) in [5, 5.41) is 8.52. The van der Waals surface area contributed by atoms with E-state index in [9.17, 15) is 9.59 Å². The topological polar surface area (TPSA) is 157 Å². The SMILES string of the molecule is NNc1ncccc1C(N)=O.N[C@@H](Cc1ccccc1)C(=O)O. The predicted molar refractivity (Wildman–Crippen MR) is 86.3 cm³/mol. The number of hydrogen-bond acceptors (Lipinski definition) is 6. The van der Waals surface area contributed by atoms with Gasteiger partial charge in [-0.1, -0.05) is 30.3 Å². The fourth-order valence-corrected chi connectivity index (χ4v) is 1.67. The zero-order valence-corrected chi connectivity index (χ0v) is 12.3. The molecule has 0 aliphatic heterocycles. The number of rotatable bonds is 5. The average molecular weight is 317 g/mol. The first-order chi connectivity index (χ1) is 11.0. The zero-order valence-electron chi connectivity index (χ0n) is 12.3. The first-order valence-corrected chi connectivity index (χ1v) is 6.69. The Bertz CT molecular complexity index is 649. The van der Waals surface area contributed by atoms with Crippen molar-refractivity contribution >= 4 is 17.7 Å². The maximum Gasteiger partial charge on any atom is 0.320 e. The van der Waals surface area contributed by atoms with Crippen LogP contribution in [0.25, 0.3) is 0 Å². The van der Waals surface area contributed by atoms with Gasteiger partial charge in [0.1, 0.15) is 6.04 Å². The summed E-state index contributed by atoms with van der Waals surface area (Å²) in [6.45, 7) is 0. The van der Waals surface area contributed by atoms with E-state index in [1.807, 2.05) is 30.3 Å². The van der Waals surface area contributed by atoms with E-state index in [4.69, 9.17) is 22.4 Å². The van der Waals surface area contributed by atoms with Crippen molar-refractivity contribution < 1.29 is 14.7 Å². The van der Waals surface area contributed by atoms with Crippen LogP contribution in [0.2, 0.25) is 0 Å². The fourth-order valence-electron chi connectivity index (χ4n) is 1.67. The van der Waals surface area contributed by atoms with Crippen LogP contribution in [0, 0.1) is 0 Å². The molecule has 1 amide bonds. The molecule has 0 fully saturated rings. The number of nitrogens with zero attached hydrogens (tertiary/aromatic N) is 1. The maximum atomic E-state index is 10.7. The zero-order chi connectivity index (χ0) is 17.2. The molecule has 0 aliphatic rings. The first kappa shape index (κ1) is 18.1. The van der Waals surface area contributed by atoms with Crippen LogP contribution in [0.3, 0.4) is 0 Å². The number of nitrogen functional groups attached to an aromatic ring is 1. The standard InChI is InChI=1S/C9H11NO2.C6H8N4O/c10-8(9(11)12)6-7-4-2-1-3-5-7;7-5(11)4-2-1-3-9-6(4)10-8/h1-5,8H,6,10H2,(H,11,12);1-3H,8H2,(H2,7,11)(H,9,10)/t8-;/m0./s1. The molecule has 1 atom stereocenters. The normalized spacial score (nSPS) is 10.9. The Hall–Kier alpha value is -2.97. The number of nitrogens with two attached hydrogens (primary N) is 3. The third-order valence-corrected chi connectivity index (χ3v) is 2.83. The first-order valence-electron chi connectivity index (χ1n) is 6.69. The van der Waals surface area contributed by atoms with Gasteiger partial charge in [0.25, 0.3) is 5.91 Å². The van der Waals surface area contributed by atoms with E-state index in [0.29, 0.717) is 12.2 Å². The summed E-state index contributed by atoms with van der Waals surface area (Å²) >= 11 is 0. The molecule has 8 N–H and O–H groups in total. The predicted octanol–water partition coefficient (Wildman–Crippen LogP) is 0.107. The van der Waals surface area contributed by atoms with Crippen molar-refractivity contribution in [2.45, 2.75) is 12.5 Å². The van der Waals surface area contributed by atoms with Crippen LogP contribution in [0.15, 0.2) is 48.7 Å². The van der Waals surface area contributed by atoms with Crippen molar-refractivity contribution in [3.05, 3.63) is 59.8 Å². The van der Waals surface area contributed by atoms with Crippen LogP contribution in [0.1, 0.15) is 15.9 Å². The monoisotopic (exact) mass is 317 g/mol. The van der Waals surface area contributed by atoms with Crippen LogP contribution < -0.4 is 22.7 Å². The van der Waals surface area contributed by atoms with Crippen molar-refractivity contribution in [1.82, 2.24) is 4.98 Å². The van der Waals surface area contributed by atoms with E-state index < -0.39 is 17.9 Å². The Morgan fingerprint density at radius 1 is 1.17 bits per heavy atom. The largest absolute Gasteiger partial charge is 0.480 e. The number of carbonyl (C=O) groups is 2. The van der Waals surface area contributed by atoms with Gasteiger partial charge in [-0.05, 0) is 24.1 Å². The molecular formula is C15H19N5O3. The Balaban J connectivity index is 0.000000231. The van der Waals surface area contributed by atoms with Crippen molar-refractivity contribution in [1.29, 1.82) is 0 Å². The number of benzene rings is 1. The molecule has 0 unspecified atom stereocenters. The van der Waals surface area contributed by atoms with Gasteiger partial charge in [0.2, 0.25) is 0 Å². The Morgan fingerprint density at radius 2 is 1.83 bits per heavy atom. The lowest BCUT2D eigenvalue weighted by molar-refractivity contribution is -0.138. The second-order valence-electron chi connectivity index (χ2n) is 4.54. The summed E-state index contributed by atoms with van der Waals surface area (Å²) in [6, 6.07) is 11.7. The molecule has 0 radical (unpaired) electrons. The van der Waals surface area contributed by atoms with Crippen LogP contribution >= 0.6 is 0 Å². The number of nitrogens with one attached hydrogen (secondary N) is 1. The van der Waals surface area contributed by atoms with Crippen LogP contribution in [-0.2, 0) is 11.2 Å². The number of aliphatic carboxylic acids is 1. The highest BCUT2D eigenvalue weighted by molar-refractivity contribution is 5.97. The van der Waals surface area contributed by atoms with Crippen LogP contribution in [-0.4, -0.2) is 28.0 Å². The Kier molecular flexibility index (Phi) is 7.18. The van der Waals surface area contributed by atoms with Gasteiger partial charge in [0.05, 0.1) is 5.56 Å². The van der Waals surface area contributed by atoms with Crippen molar-refractivity contribution in [3.8, 4) is 0 Å². The summed E-state index contributed by atoms with van der Waals surface area (Å²) in [6.07, 6.45) is 1.90. The lowest BCUT2D eigenvalue weighted by Gasteiger charge is -2.04. The second kappa shape index (κ2) is 9.13. The number of carboxylic acids is 1. The van der Waals surface area contributed by atoms with Gasteiger partial charge in [0, 0.05) is 6.20 Å². The van der Waals surface area contributed by atoms with Crippen molar-refractivity contribution in [2.75, 3.05) is 5.43 Å². The Labute approximate surface area is 133 Å². The molecule has 2 rings (SSSR count). The molecule has 8 heteroatoms. The number of aromatic nitrogens is 1. The van der Waals surface area contributed by atoms with Gasteiger partial charge in [0.15, 0.2) is 5.82 Å². The number of carboxylic acid groups (broad SMARTS) is 1. The van der Waals surface area contributed by atoms with Crippen molar-refractivity contribution in [2.24, 2.45) is 17.3 Å². The van der Waals surface area contributed by atoms with Gasteiger partial charge in [-0.2, -0.15) is 0 Å². The van der Waals surface area contributed by atoms with Gasteiger partial charge in [-0.25, -0.2) is 10.8 Å². The van der Waals surface area contributed by atoms with E-state index in [1.165, 1.54) is 6.20 Å². The van der Waals surface area contributed by atoms with Gasteiger partial charge in [-0.3, -0.25) is 9.59 Å². The van der Waals surface area contributed by atoms with Crippen LogP contribution in [0.5, 0.6) is 0 Å². The van der Waals surface area contributed by atoms with E-state index in [2.05, 4.69) is 10.4 Å². The number of pyridine rings is 1. The summed E-state index contributed by atoms with van der Waals surface area (Å²) in [5.41, 5.74) is 13.9. The third kappa shape index (κ3) is 6.12. The minimum Gasteiger partial charge on any atom is -0.480 e. The molecule has 23 heavy (non-hydrogen) atoms. The quantitative estimate of drug-likeness (QED) is 0.386. The lowest BCUT2D eigenvalue weighted by Crippen LogP contribution is -2.32. The van der Waals surface area contributed by atoms with E-state index in [1.54, 1.807) is 12.1 Å². The lowest BCUT2D eigenvalue weighted by atomic mass is 10.1. The molecule has 0 spiro atoms. The highest BCUT2D eigenvalue weighted by Crippen LogP contribution is 2.07. The Morgan fingerprint density at radius 3 is 2.30 bits per heavy atom. The van der Waals surface area contributed by atoms with Crippen molar-refractivity contribution in [3.63, 3.8) is 0 Å². The van der Waals surface area contributed by atoms with E-state index in [-0.39, 0.29) is 5.56 Å². The number of hydrazine groups is 1. The molecule has 122 valence electrons. The molecule has 8 nitrogen and oxygen atoms in total. The molecule has 2 aromatic rings. The molecule has 0 saturated heterocycles. The smallest absolute Gasteiger partial charge is 0.320 e. The second-order valence-corrected chi connectivity index (χ2v) is 4.54. The highest BCUT2D eigenvalue weighted by atomic mass is 16.4. The van der Waals surface area contributed by atoms with Gasteiger partial charge >= 0.3 is 5.97 Å². The van der Waals surface area contributed by atoms with E-state index in [0.717, 1.165) is 5.56 Å². The molecule has 1 heterocycles. The maximum absolute atomic E-state index is 10.7. The van der Waals surface area contributed by atoms with E-state index >= 15 is 0 Å². The molecule has 1 aromatic heterocycles. The minimum atomic E-state index is -0.959. The summed E-state index contributed by atoms with van der Waals surface area (Å²) < 4.78 is 0. The molecule has 0 aliphatic carbocycles. The number of hydrogen-bond donors (Lipinski definition) is 5. The summed E-state index contributed by atoms with van der Waals surface area (Å²) in [7, 11) is 0. The van der Waals surface area contributed by atoms with Crippen LogP contribution in [0.4, 0.5) is 5.82 Å². The van der Waals surface area contributed by atoms with Gasteiger partial charge < -0.3 is 22.0 Å². The molecule has 0 saturated carbocycles. The highest BCUT2D eigenvalue weighted by Gasteiger charge is 2.11. The summed E-state index contributed by atoms with van der Waals surface area (Å²) in [5.74, 6) is 3.85. The minimum absolute atomic E-state index is 0.287. The number of amides is 1. The molecular weight excluding hydrogens is 298 g/mol. The third-order valence-electron chi connectivity index (χ3n) is 2.83. The number of anilines is 1. The molecule has 0 bridgehead atoms. The fraction of sp³-hybridized carbons (Fsp3) is 0.133. The number of primary amides is 1. The average Bonchev–Trinajstić information content (AvgIpc) is 2.56. The van der Waals surface area contributed by atoms with Gasteiger partial charge in [-0.15, -0.1) is 0 Å². The molecule has 1 aromatic carbocycles. The number of carbonyl (C=O) groups excluding carboxylic acids is 1.